The number of hydrogen-bond acceptors (Lipinski definition) is 2. The minimum Gasteiger partial charge on any atom is -0.381 e. The molecule has 1 heterocycles. The first kappa shape index (κ1) is 17.3. The van der Waals surface area contributed by atoms with Gasteiger partial charge in [-0.25, -0.2) is 0 Å². The number of hydrogen-bond donors (Lipinski definition) is 1. The molecule has 4 unspecified atom stereocenters. The van der Waals surface area contributed by atoms with E-state index in [1.807, 2.05) is 0 Å². The van der Waals surface area contributed by atoms with Gasteiger partial charge in [-0.15, -0.1) is 0 Å². The van der Waals surface area contributed by atoms with E-state index in [9.17, 15) is 0 Å². The van der Waals surface area contributed by atoms with E-state index in [1.54, 1.807) is 0 Å². The lowest BCUT2D eigenvalue weighted by Crippen LogP contribution is -2.40. The Kier molecular flexibility index (Phi) is 7.53. The van der Waals surface area contributed by atoms with E-state index in [0.29, 0.717) is 0 Å². The maximum atomic E-state index is 5.80. The maximum absolute atomic E-state index is 5.80. The summed E-state index contributed by atoms with van der Waals surface area (Å²) in [6, 6.07) is 0. The lowest BCUT2D eigenvalue weighted by molar-refractivity contribution is -0.00364. The molecule has 0 radical (unpaired) electrons. The highest BCUT2D eigenvalue weighted by Crippen LogP contribution is 2.42. The maximum Gasteiger partial charge on any atom is 0.0497 e. The van der Waals surface area contributed by atoms with Crippen molar-refractivity contribution in [2.45, 2.75) is 65.7 Å². The third-order valence-corrected chi connectivity index (χ3v) is 5.61. The van der Waals surface area contributed by atoms with E-state index in [-0.39, 0.29) is 0 Å². The van der Waals surface area contributed by atoms with E-state index >= 15 is 0 Å². The molecule has 2 rings (SSSR count). The average Bonchev–Trinajstić information content (AvgIpc) is 2.49. The summed E-state index contributed by atoms with van der Waals surface area (Å²) in [4.78, 5) is 0. The molecule has 2 heteroatoms. The van der Waals surface area contributed by atoms with Gasteiger partial charge in [-0.2, -0.15) is 0 Å². The molecule has 0 amide bonds. The van der Waals surface area contributed by atoms with Gasteiger partial charge in [-0.3, -0.25) is 0 Å². The highest BCUT2D eigenvalue weighted by molar-refractivity contribution is 4.86. The Labute approximate surface area is 132 Å². The van der Waals surface area contributed by atoms with Crippen molar-refractivity contribution in [1.29, 1.82) is 0 Å². The van der Waals surface area contributed by atoms with E-state index in [1.165, 1.54) is 58.0 Å². The van der Waals surface area contributed by atoms with Gasteiger partial charge in [-0.05, 0) is 68.4 Å². The topological polar surface area (TPSA) is 21.3 Å². The highest BCUT2D eigenvalue weighted by atomic mass is 16.5. The van der Waals surface area contributed by atoms with Gasteiger partial charge in [0.1, 0.15) is 0 Å². The second-order valence-electron chi connectivity index (χ2n) is 7.92. The van der Waals surface area contributed by atoms with Gasteiger partial charge in [0.2, 0.25) is 0 Å². The molecule has 2 aliphatic rings. The first-order valence-electron chi connectivity index (χ1n) is 9.49. The van der Waals surface area contributed by atoms with Crippen LogP contribution in [0.3, 0.4) is 0 Å². The van der Waals surface area contributed by atoms with Crippen molar-refractivity contribution >= 4 is 0 Å². The van der Waals surface area contributed by atoms with Gasteiger partial charge in [0, 0.05) is 13.2 Å². The van der Waals surface area contributed by atoms with E-state index in [0.717, 1.165) is 42.8 Å². The molecule has 1 saturated carbocycles. The molecular weight excluding hydrogens is 258 g/mol. The molecule has 0 spiro atoms. The summed E-state index contributed by atoms with van der Waals surface area (Å²) in [5, 5.41) is 3.73. The minimum absolute atomic E-state index is 0.762. The summed E-state index contributed by atoms with van der Waals surface area (Å²) in [6.45, 7) is 11.4. The molecule has 1 aliphatic carbocycles. The Morgan fingerprint density at radius 1 is 1.19 bits per heavy atom. The molecule has 2 nitrogen and oxygen atoms in total. The van der Waals surface area contributed by atoms with Crippen LogP contribution in [0.4, 0.5) is 0 Å². The number of ether oxygens (including phenoxy) is 1. The summed E-state index contributed by atoms with van der Waals surface area (Å²) in [5.41, 5.74) is 0. The molecular formula is C19H37NO. The number of nitrogens with one attached hydrogen (secondary N) is 1. The molecule has 124 valence electrons. The molecule has 0 aromatic rings. The van der Waals surface area contributed by atoms with Crippen molar-refractivity contribution in [3.8, 4) is 0 Å². The number of rotatable bonds is 7. The van der Waals surface area contributed by atoms with Crippen LogP contribution in [0.25, 0.3) is 0 Å². The Balaban J connectivity index is 1.89. The first-order valence-corrected chi connectivity index (χ1v) is 9.49. The zero-order valence-corrected chi connectivity index (χ0v) is 14.6. The molecule has 1 aliphatic heterocycles. The lowest BCUT2D eigenvalue weighted by atomic mass is 9.66. The van der Waals surface area contributed by atoms with Crippen LogP contribution in [0.2, 0.25) is 0 Å². The fourth-order valence-corrected chi connectivity index (χ4v) is 4.52. The summed E-state index contributed by atoms with van der Waals surface area (Å²) < 4.78 is 5.80. The van der Waals surface area contributed by atoms with Gasteiger partial charge in [0.05, 0.1) is 0 Å². The predicted molar refractivity (Wildman–Crippen MR) is 90.5 cm³/mol. The largest absolute Gasteiger partial charge is 0.381 e. The Hall–Kier alpha value is -0.0800. The highest BCUT2D eigenvalue weighted by Gasteiger charge is 2.35. The molecule has 0 bridgehead atoms. The van der Waals surface area contributed by atoms with Crippen LogP contribution in [-0.4, -0.2) is 26.3 Å². The second-order valence-corrected chi connectivity index (χ2v) is 7.92. The SMILES string of the molecule is CCCC1CCC(CNCC(C)C)C(C2CCCOC2)C1. The molecule has 4 atom stereocenters. The van der Waals surface area contributed by atoms with Gasteiger partial charge in [0.25, 0.3) is 0 Å². The van der Waals surface area contributed by atoms with E-state index < -0.39 is 0 Å². The average molecular weight is 296 g/mol. The van der Waals surface area contributed by atoms with Gasteiger partial charge < -0.3 is 10.1 Å². The third-order valence-electron chi connectivity index (χ3n) is 5.61. The van der Waals surface area contributed by atoms with E-state index in [2.05, 4.69) is 26.1 Å². The fourth-order valence-electron chi connectivity index (χ4n) is 4.52. The van der Waals surface area contributed by atoms with Crippen LogP contribution >= 0.6 is 0 Å². The summed E-state index contributed by atoms with van der Waals surface area (Å²) in [7, 11) is 0. The Bertz CT molecular complexity index is 273. The molecule has 21 heavy (non-hydrogen) atoms. The van der Waals surface area contributed by atoms with Crippen LogP contribution < -0.4 is 5.32 Å². The summed E-state index contributed by atoms with van der Waals surface area (Å²) >= 11 is 0. The predicted octanol–water partition coefficient (Wildman–Crippen LogP) is 4.49. The van der Waals surface area contributed by atoms with Crippen molar-refractivity contribution < 1.29 is 4.74 Å². The third kappa shape index (κ3) is 5.56. The van der Waals surface area contributed by atoms with Crippen LogP contribution in [0.5, 0.6) is 0 Å². The zero-order chi connectivity index (χ0) is 15.1. The normalized spacial score (nSPS) is 34.3. The molecule has 1 saturated heterocycles. The van der Waals surface area contributed by atoms with Crippen molar-refractivity contribution in [2.75, 3.05) is 26.3 Å². The lowest BCUT2D eigenvalue weighted by Gasteiger charge is -2.42. The summed E-state index contributed by atoms with van der Waals surface area (Å²) in [5.74, 6) is 4.39. The van der Waals surface area contributed by atoms with Gasteiger partial charge >= 0.3 is 0 Å². The Morgan fingerprint density at radius 3 is 2.71 bits per heavy atom. The minimum atomic E-state index is 0.762. The smallest absolute Gasteiger partial charge is 0.0497 e. The molecule has 1 N–H and O–H groups in total. The standard InChI is InChI=1S/C19H37NO/c1-4-6-16-8-9-17(13-20-12-15(2)3)19(11-16)18-7-5-10-21-14-18/h15-20H,4-14H2,1-3H3. The first-order chi connectivity index (χ1) is 10.2. The van der Waals surface area contributed by atoms with Gasteiger partial charge in [0.15, 0.2) is 0 Å². The Morgan fingerprint density at radius 2 is 2.05 bits per heavy atom. The van der Waals surface area contributed by atoms with Crippen molar-refractivity contribution in [1.82, 2.24) is 5.32 Å². The second kappa shape index (κ2) is 9.15. The molecule has 0 aromatic heterocycles. The zero-order valence-electron chi connectivity index (χ0n) is 14.6. The quantitative estimate of drug-likeness (QED) is 0.747. The van der Waals surface area contributed by atoms with Crippen molar-refractivity contribution in [3.05, 3.63) is 0 Å². The van der Waals surface area contributed by atoms with Crippen LogP contribution in [0.1, 0.15) is 65.7 Å². The van der Waals surface area contributed by atoms with E-state index in [4.69, 9.17) is 4.74 Å². The van der Waals surface area contributed by atoms with Crippen LogP contribution in [0, 0.1) is 29.6 Å². The molecule has 2 fully saturated rings. The van der Waals surface area contributed by atoms with Crippen molar-refractivity contribution in [3.63, 3.8) is 0 Å². The van der Waals surface area contributed by atoms with Crippen LogP contribution in [-0.2, 0) is 4.74 Å². The summed E-state index contributed by atoms with van der Waals surface area (Å²) in [6.07, 6.45) is 9.86. The van der Waals surface area contributed by atoms with Crippen molar-refractivity contribution in [2.24, 2.45) is 29.6 Å². The van der Waals surface area contributed by atoms with Crippen LogP contribution in [0.15, 0.2) is 0 Å². The molecule has 0 aromatic carbocycles. The van der Waals surface area contributed by atoms with Gasteiger partial charge in [-0.1, -0.05) is 40.0 Å². The fraction of sp³-hybridized carbons (Fsp3) is 1.00. The monoisotopic (exact) mass is 295 g/mol.